The van der Waals surface area contributed by atoms with Crippen molar-refractivity contribution in [3.05, 3.63) is 0 Å². The molecule has 1 N–H and O–H groups in total. The van der Waals surface area contributed by atoms with Gasteiger partial charge in [0.2, 0.25) is 0 Å². The fraction of sp³-hybridized carbons (Fsp3) is 1.00. The molecular weight excluding hydrogens is 170 g/mol. The molecule has 0 amide bonds. The molecule has 1 aliphatic heterocycles. The van der Waals surface area contributed by atoms with Crippen LogP contribution in [0.15, 0.2) is 0 Å². The Bertz CT molecular complexity index is 196. The Morgan fingerprint density at radius 1 is 0.929 bits per heavy atom. The monoisotopic (exact) mass is 193 g/mol. The van der Waals surface area contributed by atoms with E-state index in [0.717, 1.165) is 17.3 Å². The van der Waals surface area contributed by atoms with Gasteiger partial charge in [-0.25, -0.2) is 0 Å². The number of rotatable bonds is 1. The summed E-state index contributed by atoms with van der Waals surface area (Å²) in [6.07, 6.45) is 12.2. The Morgan fingerprint density at radius 3 is 2.50 bits per heavy atom. The summed E-state index contributed by atoms with van der Waals surface area (Å²) in [7, 11) is 0. The van der Waals surface area contributed by atoms with E-state index >= 15 is 0 Å². The van der Waals surface area contributed by atoms with Crippen LogP contribution in [0.1, 0.15) is 51.4 Å². The minimum Gasteiger partial charge on any atom is -0.316 e. The second kappa shape index (κ2) is 3.52. The zero-order valence-electron chi connectivity index (χ0n) is 9.23. The van der Waals surface area contributed by atoms with E-state index < -0.39 is 0 Å². The Hall–Kier alpha value is -0.0400. The van der Waals surface area contributed by atoms with Gasteiger partial charge >= 0.3 is 0 Å². The molecule has 1 heterocycles. The molecule has 1 heteroatoms. The summed E-state index contributed by atoms with van der Waals surface area (Å²) in [6.45, 7) is 2.60. The Labute approximate surface area is 87.7 Å². The van der Waals surface area contributed by atoms with Crippen molar-refractivity contribution in [3.8, 4) is 0 Å². The number of hydrogen-bond acceptors (Lipinski definition) is 1. The lowest BCUT2D eigenvalue weighted by Gasteiger charge is -2.44. The first kappa shape index (κ1) is 9.21. The van der Waals surface area contributed by atoms with Crippen LogP contribution in [0.3, 0.4) is 0 Å². The molecule has 1 saturated heterocycles. The highest BCUT2D eigenvalue weighted by atomic mass is 14.9. The van der Waals surface area contributed by atoms with Gasteiger partial charge in [0, 0.05) is 6.54 Å². The van der Waals surface area contributed by atoms with E-state index in [4.69, 9.17) is 0 Å². The molecule has 0 aromatic heterocycles. The first-order valence-corrected chi connectivity index (χ1v) is 6.59. The maximum Gasteiger partial charge on any atom is 0.000792 e. The van der Waals surface area contributed by atoms with Gasteiger partial charge in [-0.1, -0.05) is 12.8 Å². The molecule has 1 spiro atoms. The average molecular weight is 193 g/mol. The van der Waals surface area contributed by atoms with Crippen molar-refractivity contribution >= 4 is 0 Å². The third-order valence-electron chi connectivity index (χ3n) is 4.83. The first-order chi connectivity index (χ1) is 6.88. The standard InChI is InChI=1S/C13H23N/c1-3-12(11-4-5-11)9-13(6-1)7-2-8-14-10-13/h11-12,14H,1-10H2. The molecule has 80 valence electrons. The van der Waals surface area contributed by atoms with E-state index in [1.807, 2.05) is 0 Å². The van der Waals surface area contributed by atoms with E-state index in [-0.39, 0.29) is 0 Å². The van der Waals surface area contributed by atoms with Gasteiger partial charge in [0.1, 0.15) is 0 Å². The lowest BCUT2D eigenvalue weighted by Crippen LogP contribution is -2.43. The number of nitrogens with one attached hydrogen (secondary N) is 1. The van der Waals surface area contributed by atoms with Crippen molar-refractivity contribution < 1.29 is 0 Å². The van der Waals surface area contributed by atoms with E-state index in [1.165, 1.54) is 38.8 Å². The van der Waals surface area contributed by atoms with Crippen molar-refractivity contribution in [2.75, 3.05) is 13.1 Å². The Balaban J connectivity index is 1.66. The molecule has 2 atom stereocenters. The summed E-state index contributed by atoms with van der Waals surface area (Å²) in [5.41, 5.74) is 0.740. The van der Waals surface area contributed by atoms with Gasteiger partial charge in [-0.05, 0) is 62.3 Å². The van der Waals surface area contributed by atoms with Crippen molar-refractivity contribution in [2.45, 2.75) is 51.4 Å². The van der Waals surface area contributed by atoms with Crippen molar-refractivity contribution in [1.29, 1.82) is 0 Å². The van der Waals surface area contributed by atoms with Crippen LogP contribution < -0.4 is 5.32 Å². The van der Waals surface area contributed by atoms with Crippen LogP contribution in [-0.4, -0.2) is 13.1 Å². The molecule has 0 aromatic carbocycles. The third kappa shape index (κ3) is 1.71. The molecule has 0 aromatic rings. The average Bonchev–Trinajstić information content (AvgIpc) is 3.02. The third-order valence-corrected chi connectivity index (χ3v) is 4.83. The largest absolute Gasteiger partial charge is 0.316 e. The van der Waals surface area contributed by atoms with Crippen LogP contribution in [0.2, 0.25) is 0 Å². The van der Waals surface area contributed by atoms with Crippen LogP contribution in [0.25, 0.3) is 0 Å². The smallest absolute Gasteiger partial charge is 0.000792 e. The molecule has 2 saturated carbocycles. The van der Waals surface area contributed by atoms with Crippen LogP contribution in [-0.2, 0) is 0 Å². The quantitative estimate of drug-likeness (QED) is 0.675. The summed E-state index contributed by atoms with van der Waals surface area (Å²) < 4.78 is 0. The van der Waals surface area contributed by atoms with Crippen LogP contribution >= 0.6 is 0 Å². The molecule has 3 fully saturated rings. The highest BCUT2D eigenvalue weighted by Gasteiger charge is 2.42. The summed E-state index contributed by atoms with van der Waals surface area (Å²) in [5, 5.41) is 3.63. The molecule has 0 bridgehead atoms. The van der Waals surface area contributed by atoms with Gasteiger partial charge in [-0.2, -0.15) is 0 Å². The Morgan fingerprint density at radius 2 is 1.79 bits per heavy atom. The fourth-order valence-electron chi connectivity index (χ4n) is 3.89. The SMILES string of the molecule is C1CNCC2(C1)CCCC(C1CC1)C2. The van der Waals surface area contributed by atoms with Gasteiger partial charge in [-0.15, -0.1) is 0 Å². The second-order valence-corrected chi connectivity index (χ2v) is 5.97. The minimum atomic E-state index is 0.740. The lowest BCUT2D eigenvalue weighted by atomic mass is 9.65. The van der Waals surface area contributed by atoms with Gasteiger partial charge in [0.05, 0.1) is 0 Å². The number of piperidine rings is 1. The molecule has 14 heavy (non-hydrogen) atoms. The van der Waals surface area contributed by atoms with Gasteiger partial charge < -0.3 is 5.32 Å². The molecular formula is C13H23N. The van der Waals surface area contributed by atoms with Crippen LogP contribution in [0, 0.1) is 17.3 Å². The van der Waals surface area contributed by atoms with Crippen molar-refractivity contribution in [1.82, 2.24) is 5.32 Å². The van der Waals surface area contributed by atoms with Crippen LogP contribution in [0.5, 0.6) is 0 Å². The van der Waals surface area contributed by atoms with Gasteiger partial charge in [0.15, 0.2) is 0 Å². The summed E-state index contributed by atoms with van der Waals surface area (Å²) >= 11 is 0. The van der Waals surface area contributed by atoms with E-state index in [2.05, 4.69) is 5.32 Å². The van der Waals surface area contributed by atoms with Crippen molar-refractivity contribution in [2.24, 2.45) is 17.3 Å². The number of hydrogen-bond donors (Lipinski definition) is 1. The fourth-order valence-corrected chi connectivity index (χ4v) is 3.89. The molecule has 2 aliphatic carbocycles. The summed E-state index contributed by atoms with van der Waals surface area (Å²) in [6, 6.07) is 0. The Kier molecular flexibility index (Phi) is 2.31. The van der Waals surface area contributed by atoms with E-state index in [0.29, 0.717) is 0 Å². The zero-order chi connectivity index (χ0) is 9.43. The molecule has 3 aliphatic rings. The summed E-state index contributed by atoms with van der Waals surface area (Å²) in [5.74, 6) is 2.26. The molecule has 0 radical (unpaired) electrons. The molecule has 3 rings (SSSR count). The van der Waals surface area contributed by atoms with Crippen LogP contribution in [0.4, 0.5) is 0 Å². The van der Waals surface area contributed by atoms with Gasteiger partial charge in [0.25, 0.3) is 0 Å². The van der Waals surface area contributed by atoms with Gasteiger partial charge in [-0.3, -0.25) is 0 Å². The predicted molar refractivity (Wildman–Crippen MR) is 59.2 cm³/mol. The summed E-state index contributed by atoms with van der Waals surface area (Å²) in [4.78, 5) is 0. The maximum atomic E-state index is 3.63. The highest BCUT2D eigenvalue weighted by molar-refractivity contribution is 4.94. The zero-order valence-corrected chi connectivity index (χ0v) is 9.23. The van der Waals surface area contributed by atoms with Crippen molar-refractivity contribution in [3.63, 3.8) is 0 Å². The van der Waals surface area contributed by atoms with E-state index in [9.17, 15) is 0 Å². The minimum absolute atomic E-state index is 0.740. The first-order valence-electron chi connectivity index (χ1n) is 6.59. The normalized spacial score (nSPS) is 44.1. The molecule has 1 nitrogen and oxygen atoms in total. The molecule has 2 unspecified atom stereocenters. The highest BCUT2D eigenvalue weighted by Crippen LogP contribution is 2.51. The second-order valence-electron chi connectivity index (χ2n) is 5.97. The maximum absolute atomic E-state index is 3.63. The van der Waals surface area contributed by atoms with E-state index in [1.54, 1.807) is 25.7 Å². The lowest BCUT2D eigenvalue weighted by molar-refractivity contribution is 0.0928. The topological polar surface area (TPSA) is 12.0 Å². The predicted octanol–water partition coefficient (Wildman–Crippen LogP) is 2.96.